The first-order valence-electron chi connectivity index (χ1n) is 10.9. The van der Waals surface area contributed by atoms with E-state index in [9.17, 15) is 4.79 Å². The van der Waals surface area contributed by atoms with E-state index in [0.29, 0.717) is 30.3 Å². The van der Waals surface area contributed by atoms with Crippen LogP contribution in [0.1, 0.15) is 81.9 Å². The van der Waals surface area contributed by atoms with Gasteiger partial charge < -0.3 is 9.64 Å². The fourth-order valence-corrected chi connectivity index (χ4v) is 5.67. The Bertz CT molecular complexity index is 894. The van der Waals surface area contributed by atoms with E-state index in [-0.39, 0.29) is 11.5 Å². The van der Waals surface area contributed by atoms with Gasteiger partial charge in [-0.25, -0.2) is 0 Å². The average Bonchev–Trinajstić information content (AvgIpc) is 3.44. The number of hydrogen-bond donors (Lipinski definition) is 1. The summed E-state index contributed by atoms with van der Waals surface area (Å²) in [5.41, 5.74) is 3.61. The van der Waals surface area contributed by atoms with Gasteiger partial charge >= 0.3 is 0 Å². The number of fused-ring (bicyclic) bond motifs is 3. The number of carbonyl (C=O) groups is 1. The highest BCUT2D eigenvalue weighted by Crippen LogP contribution is 2.50. The Labute approximate surface area is 166 Å². The molecule has 2 aromatic rings. The molecule has 1 N–H and O–H groups in total. The summed E-state index contributed by atoms with van der Waals surface area (Å²) in [5.74, 6) is 1.11. The number of aromatic amines is 1. The van der Waals surface area contributed by atoms with Crippen LogP contribution in [0, 0.1) is 0 Å². The number of nitrogens with zero attached hydrogens (tertiary/aromatic N) is 2. The van der Waals surface area contributed by atoms with Gasteiger partial charge in [-0.15, -0.1) is 0 Å². The van der Waals surface area contributed by atoms with Gasteiger partial charge in [0.05, 0.1) is 11.1 Å². The number of benzene rings is 1. The lowest BCUT2D eigenvalue weighted by Gasteiger charge is -2.60. The van der Waals surface area contributed by atoms with Crippen LogP contribution in [-0.2, 0) is 9.53 Å². The number of carbonyl (C=O) groups excluding carboxylic acids is 1. The van der Waals surface area contributed by atoms with E-state index in [0.717, 1.165) is 36.9 Å². The predicted molar refractivity (Wildman–Crippen MR) is 109 cm³/mol. The zero-order valence-corrected chi connectivity index (χ0v) is 17.2. The van der Waals surface area contributed by atoms with Crippen LogP contribution in [0.5, 0.6) is 0 Å². The molecule has 2 saturated heterocycles. The Morgan fingerprint density at radius 3 is 2.82 bits per heavy atom. The molecule has 2 unspecified atom stereocenters. The molecule has 2 aliphatic heterocycles. The van der Waals surface area contributed by atoms with Gasteiger partial charge in [0.15, 0.2) is 0 Å². The maximum Gasteiger partial charge on any atom is 0.223 e. The third kappa shape index (κ3) is 2.78. The first-order chi connectivity index (χ1) is 13.5. The lowest BCUT2D eigenvalue weighted by molar-refractivity contribution is -0.189. The number of aromatic nitrogens is 2. The van der Waals surface area contributed by atoms with E-state index >= 15 is 0 Å². The molecule has 1 aromatic carbocycles. The van der Waals surface area contributed by atoms with Gasteiger partial charge in [-0.3, -0.25) is 9.89 Å². The standard InChI is InChI=1S/C23H31N3O2/c1-4-16-11-23(28-3)12-17(13-23)26(16)20(27)10-14(2)22-21-18(15-8-9-15)6-5-7-19(21)24-25-22/h5-7,14-17H,4,8-13H2,1-3H3,(H,24,25). The summed E-state index contributed by atoms with van der Waals surface area (Å²) in [4.78, 5) is 15.5. The van der Waals surface area contributed by atoms with Crippen LogP contribution in [0.3, 0.4) is 0 Å². The van der Waals surface area contributed by atoms with Crippen LogP contribution < -0.4 is 0 Å². The van der Waals surface area contributed by atoms with E-state index in [1.165, 1.54) is 23.8 Å². The number of nitrogens with one attached hydrogen (secondary N) is 1. The molecule has 4 fully saturated rings. The highest BCUT2D eigenvalue weighted by molar-refractivity contribution is 5.87. The third-order valence-corrected chi connectivity index (χ3v) is 7.43. The van der Waals surface area contributed by atoms with E-state index in [1.54, 1.807) is 0 Å². The summed E-state index contributed by atoms with van der Waals surface area (Å²) < 4.78 is 5.78. The van der Waals surface area contributed by atoms with E-state index in [1.807, 2.05) is 7.11 Å². The molecule has 0 radical (unpaired) electrons. The molecule has 6 rings (SSSR count). The molecule has 3 heterocycles. The summed E-state index contributed by atoms with van der Waals surface area (Å²) in [6, 6.07) is 7.09. The zero-order valence-electron chi connectivity index (χ0n) is 17.2. The molecular weight excluding hydrogens is 350 g/mol. The van der Waals surface area contributed by atoms with Crippen LogP contribution in [-0.4, -0.2) is 45.8 Å². The molecule has 2 saturated carbocycles. The van der Waals surface area contributed by atoms with Crippen LogP contribution in [0.2, 0.25) is 0 Å². The van der Waals surface area contributed by atoms with Crippen molar-refractivity contribution in [3.05, 3.63) is 29.5 Å². The largest absolute Gasteiger partial charge is 0.378 e. The fourth-order valence-electron chi connectivity index (χ4n) is 5.67. The van der Waals surface area contributed by atoms with Crippen molar-refractivity contribution in [2.24, 2.45) is 0 Å². The second-order valence-electron chi connectivity index (χ2n) is 9.27. The summed E-state index contributed by atoms with van der Waals surface area (Å²) in [6.07, 6.45) is 7.06. The first-order valence-corrected chi connectivity index (χ1v) is 10.9. The minimum absolute atomic E-state index is 0.0342. The van der Waals surface area contributed by atoms with Crippen molar-refractivity contribution in [3.63, 3.8) is 0 Å². The van der Waals surface area contributed by atoms with Gasteiger partial charge in [-0.2, -0.15) is 5.10 Å². The van der Waals surface area contributed by atoms with Gasteiger partial charge in [0.1, 0.15) is 0 Å². The smallest absolute Gasteiger partial charge is 0.223 e. The molecule has 150 valence electrons. The number of piperidine rings is 2. The second kappa shape index (κ2) is 6.58. The Morgan fingerprint density at radius 2 is 2.14 bits per heavy atom. The van der Waals surface area contributed by atoms with E-state index in [4.69, 9.17) is 4.74 Å². The highest BCUT2D eigenvalue weighted by atomic mass is 16.5. The molecule has 4 aliphatic rings. The predicted octanol–water partition coefficient (Wildman–Crippen LogP) is 4.49. The maximum atomic E-state index is 13.3. The van der Waals surface area contributed by atoms with Crippen molar-refractivity contribution in [3.8, 4) is 0 Å². The normalized spacial score (nSPS) is 30.3. The first kappa shape index (κ1) is 18.2. The van der Waals surface area contributed by atoms with Crippen molar-refractivity contribution in [1.29, 1.82) is 0 Å². The molecule has 28 heavy (non-hydrogen) atoms. The molecule has 2 atom stereocenters. The minimum atomic E-state index is 0.0342. The van der Waals surface area contributed by atoms with Crippen molar-refractivity contribution >= 4 is 16.8 Å². The van der Waals surface area contributed by atoms with Gasteiger partial charge in [0, 0.05) is 42.6 Å². The van der Waals surface area contributed by atoms with E-state index in [2.05, 4.69) is 47.1 Å². The van der Waals surface area contributed by atoms with Crippen LogP contribution in [0.25, 0.3) is 10.9 Å². The maximum absolute atomic E-state index is 13.3. The van der Waals surface area contributed by atoms with Gasteiger partial charge in [-0.1, -0.05) is 26.0 Å². The molecule has 1 amide bonds. The Balaban J connectivity index is 1.37. The molecule has 2 bridgehead atoms. The highest BCUT2D eigenvalue weighted by Gasteiger charge is 2.55. The van der Waals surface area contributed by atoms with Crippen molar-refractivity contribution in [2.45, 2.75) is 88.3 Å². The average molecular weight is 382 g/mol. The zero-order chi connectivity index (χ0) is 19.5. The summed E-state index contributed by atoms with van der Waals surface area (Å²) in [7, 11) is 1.82. The summed E-state index contributed by atoms with van der Waals surface area (Å²) in [6.45, 7) is 4.35. The van der Waals surface area contributed by atoms with E-state index < -0.39 is 0 Å². The fraction of sp³-hybridized carbons (Fsp3) is 0.652. The SMILES string of the molecule is CCC1CC2(OC)CC(C2)N1C(=O)CC(C)c1[nH]nc2cccc(C3CC3)c12. The minimum Gasteiger partial charge on any atom is -0.378 e. The monoisotopic (exact) mass is 381 g/mol. The topological polar surface area (TPSA) is 58.2 Å². The molecule has 5 heteroatoms. The molecule has 5 nitrogen and oxygen atoms in total. The summed E-state index contributed by atoms with van der Waals surface area (Å²) in [5, 5.41) is 9.07. The Kier molecular flexibility index (Phi) is 4.27. The van der Waals surface area contributed by atoms with Gasteiger partial charge in [-0.05, 0) is 56.1 Å². The van der Waals surface area contributed by atoms with Gasteiger partial charge in [0.25, 0.3) is 0 Å². The second-order valence-corrected chi connectivity index (χ2v) is 9.27. The third-order valence-electron chi connectivity index (χ3n) is 7.43. The number of ether oxygens (including phenoxy) is 1. The number of methoxy groups -OCH3 is 1. The molecule has 1 aromatic heterocycles. The number of rotatable bonds is 6. The number of hydrogen-bond acceptors (Lipinski definition) is 3. The van der Waals surface area contributed by atoms with Gasteiger partial charge in [0.2, 0.25) is 5.91 Å². The Morgan fingerprint density at radius 1 is 1.36 bits per heavy atom. The quantitative estimate of drug-likeness (QED) is 0.802. The molecule has 2 aliphatic carbocycles. The van der Waals surface area contributed by atoms with Crippen LogP contribution in [0.4, 0.5) is 0 Å². The molecular formula is C23H31N3O2. The van der Waals surface area contributed by atoms with Crippen LogP contribution in [0.15, 0.2) is 18.2 Å². The molecule has 0 spiro atoms. The van der Waals surface area contributed by atoms with Crippen molar-refractivity contribution in [2.75, 3.05) is 7.11 Å². The number of amides is 1. The summed E-state index contributed by atoms with van der Waals surface area (Å²) >= 11 is 0. The number of H-pyrrole nitrogens is 1. The lowest BCUT2D eigenvalue weighted by atomic mass is 9.66. The van der Waals surface area contributed by atoms with Crippen molar-refractivity contribution < 1.29 is 9.53 Å². The lowest BCUT2D eigenvalue weighted by Crippen LogP contribution is -2.67. The van der Waals surface area contributed by atoms with Crippen LogP contribution >= 0.6 is 0 Å². The van der Waals surface area contributed by atoms with Crippen molar-refractivity contribution in [1.82, 2.24) is 15.1 Å². The Hall–Kier alpha value is -1.88.